The Balaban J connectivity index is 1.73. The van der Waals surface area contributed by atoms with Gasteiger partial charge in [0, 0.05) is 11.4 Å². The number of hydrogen-bond acceptors (Lipinski definition) is 6. The van der Waals surface area contributed by atoms with Crippen LogP contribution in [-0.4, -0.2) is 40.4 Å². The van der Waals surface area contributed by atoms with Crippen LogP contribution < -0.4 is 0 Å². The Labute approximate surface area is 148 Å². The van der Waals surface area contributed by atoms with E-state index in [9.17, 15) is 9.59 Å². The zero-order valence-corrected chi connectivity index (χ0v) is 14.3. The van der Waals surface area contributed by atoms with Crippen LogP contribution in [0.15, 0.2) is 41.9 Å². The van der Waals surface area contributed by atoms with Crippen molar-refractivity contribution in [3.63, 3.8) is 0 Å². The summed E-state index contributed by atoms with van der Waals surface area (Å²) in [4.78, 5) is 36.7. The number of fused-ring (bicyclic) bond motifs is 2. The third kappa shape index (κ3) is 2.66. The van der Waals surface area contributed by atoms with Crippen LogP contribution in [0.3, 0.4) is 0 Å². The topological polar surface area (TPSA) is 72.4 Å². The standard InChI is InChI=1S/C18H15N3O3S/c1-24-18(23)16-11-7-9-25-15(11)6-8-21(16)17(22)14-10-19-12-4-2-3-5-13(12)20-14/h2-5,7,9-10,16H,6,8H2,1H3. The number of carbonyl (C=O) groups excluding carboxylic acids is 2. The molecule has 6 nitrogen and oxygen atoms in total. The summed E-state index contributed by atoms with van der Waals surface area (Å²) >= 11 is 1.59. The maximum absolute atomic E-state index is 13.0. The first kappa shape index (κ1) is 15.7. The lowest BCUT2D eigenvalue weighted by atomic mass is 9.99. The van der Waals surface area contributed by atoms with E-state index in [1.165, 1.54) is 18.2 Å². The van der Waals surface area contributed by atoms with Gasteiger partial charge in [-0.15, -0.1) is 11.3 Å². The summed E-state index contributed by atoms with van der Waals surface area (Å²) < 4.78 is 4.94. The van der Waals surface area contributed by atoms with Gasteiger partial charge in [0.2, 0.25) is 0 Å². The van der Waals surface area contributed by atoms with Gasteiger partial charge >= 0.3 is 5.97 Å². The van der Waals surface area contributed by atoms with Crippen LogP contribution in [0.25, 0.3) is 11.0 Å². The van der Waals surface area contributed by atoms with E-state index >= 15 is 0 Å². The third-order valence-corrected chi connectivity index (χ3v) is 5.32. The van der Waals surface area contributed by atoms with E-state index in [2.05, 4.69) is 9.97 Å². The van der Waals surface area contributed by atoms with Crippen LogP contribution >= 0.6 is 11.3 Å². The fourth-order valence-corrected chi connectivity index (χ4v) is 4.01. The van der Waals surface area contributed by atoms with Crippen molar-refractivity contribution in [1.82, 2.24) is 14.9 Å². The first-order valence-electron chi connectivity index (χ1n) is 7.86. The molecule has 1 unspecified atom stereocenters. The second kappa shape index (κ2) is 6.25. The Kier molecular flexibility index (Phi) is 3.93. The number of benzene rings is 1. The van der Waals surface area contributed by atoms with Crippen molar-refractivity contribution in [3.05, 3.63) is 58.0 Å². The van der Waals surface area contributed by atoms with Gasteiger partial charge in [0.25, 0.3) is 5.91 Å². The molecule has 1 aliphatic rings. The highest BCUT2D eigenvalue weighted by Gasteiger charge is 2.38. The van der Waals surface area contributed by atoms with Gasteiger partial charge in [-0.1, -0.05) is 12.1 Å². The molecule has 0 radical (unpaired) electrons. The number of thiophene rings is 1. The van der Waals surface area contributed by atoms with Gasteiger partial charge in [-0.2, -0.15) is 0 Å². The minimum Gasteiger partial charge on any atom is -0.467 e. The van der Waals surface area contributed by atoms with Gasteiger partial charge in [-0.3, -0.25) is 9.78 Å². The fourth-order valence-electron chi connectivity index (χ4n) is 3.11. The normalized spacial score (nSPS) is 16.5. The molecule has 3 aromatic rings. The number of amides is 1. The van der Waals surface area contributed by atoms with Gasteiger partial charge in [0.05, 0.1) is 24.3 Å². The van der Waals surface area contributed by atoms with Crippen molar-refractivity contribution in [1.29, 1.82) is 0 Å². The van der Waals surface area contributed by atoms with Crippen molar-refractivity contribution < 1.29 is 14.3 Å². The molecule has 1 atom stereocenters. The molecule has 2 aromatic heterocycles. The minimum atomic E-state index is -0.735. The first-order chi connectivity index (χ1) is 12.2. The zero-order chi connectivity index (χ0) is 17.4. The molecule has 0 saturated carbocycles. The molecule has 0 spiro atoms. The van der Waals surface area contributed by atoms with Crippen LogP contribution in [0.5, 0.6) is 0 Å². The van der Waals surface area contributed by atoms with E-state index in [1.807, 2.05) is 35.7 Å². The number of methoxy groups -OCH3 is 1. The predicted molar refractivity (Wildman–Crippen MR) is 93.4 cm³/mol. The van der Waals surface area contributed by atoms with E-state index in [4.69, 9.17) is 4.74 Å². The van der Waals surface area contributed by atoms with E-state index in [0.29, 0.717) is 18.5 Å². The monoisotopic (exact) mass is 353 g/mol. The number of ether oxygens (including phenoxy) is 1. The van der Waals surface area contributed by atoms with E-state index in [0.717, 1.165) is 16.0 Å². The average Bonchev–Trinajstić information content (AvgIpc) is 3.14. The summed E-state index contributed by atoms with van der Waals surface area (Å²) in [5.74, 6) is -0.757. The van der Waals surface area contributed by atoms with Crippen LogP contribution in [0, 0.1) is 0 Å². The Hall–Kier alpha value is -2.80. The second-order valence-electron chi connectivity index (χ2n) is 5.72. The molecule has 0 aliphatic carbocycles. The Morgan fingerprint density at radius 3 is 2.84 bits per heavy atom. The maximum atomic E-state index is 13.0. The highest BCUT2D eigenvalue weighted by molar-refractivity contribution is 7.10. The molecule has 1 aliphatic heterocycles. The van der Waals surface area contributed by atoms with Crippen molar-refractivity contribution in [2.24, 2.45) is 0 Å². The molecular formula is C18H15N3O3S. The second-order valence-corrected chi connectivity index (χ2v) is 6.72. The molecule has 3 heterocycles. The van der Waals surface area contributed by atoms with Crippen LogP contribution in [0.2, 0.25) is 0 Å². The van der Waals surface area contributed by atoms with Gasteiger partial charge in [-0.25, -0.2) is 9.78 Å². The van der Waals surface area contributed by atoms with Crippen LogP contribution in [0.1, 0.15) is 27.0 Å². The number of carbonyl (C=O) groups is 2. The number of para-hydroxylation sites is 2. The summed E-state index contributed by atoms with van der Waals surface area (Å²) in [5, 5.41) is 1.93. The minimum absolute atomic E-state index is 0.228. The molecule has 0 N–H and O–H groups in total. The van der Waals surface area contributed by atoms with Crippen molar-refractivity contribution in [2.75, 3.05) is 13.7 Å². The summed E-state index contributed by atoms with van der Waals surface area (Å²) in [6.45, 7) is 0.445. The largest absolute Gasteiger partial charge is 0.467 e. The van der Waals surface area contributed by atoms with E-state index in [-0.39, 0.29) is 11.6 Å². The van der Waals surface area contributed by atoms with Gasteiger partial charge in [0.15, 0.2) is 6.04 Å². The molecule has 126 valence electrons. The average molecular weight is 353 g/mol. The number of rotatable bonds is 2. The fraction of sp³-hybridized carbons (Fsp3) is 0.222. The third-order valence-electron chi connectivity index (χ3n) is 4.32. The van der Waals surface area contributed by atoms with Crippen molar-refractivity contribution in [2.45, 2.75) is 12.5 Å². The van der Waals surface area contributed by atoms with Gasteiger partial charge in [-0.05, 0) is 35.6 Å². The molecule has 0 fully saturated rings. The molecule has 7 heteroatoms. The smallest absolute Gasteiger partial charge is 0.333 e. The summed E-state index contributed by atoms with van der Waals surface area (Å²) in [6.07, 6.45) is 2.18. The SMILES string of the molecule is COC(=O)C1c2ccsc2CCN1C(=O)c1cnc2ccccc2n1. The zero-order valence-electron chi connectivity index (χ0n) is 13.5. The Morgan fingerprint density at radius 1 is 1.24 bits per heavy atom. The number of aromatic nitrogens is 2. The lowest BCUT2D eigenvalue weighted by Crippen LogP contribution is -2.43. The molecule has 1 amide bonds. The van der Waals surface area contributed by atoms with Crippen molar-refractivity contribution in [3.8, 4) is 0 Å². The highest BCUT2D eigenvalue weighted by Crippen LogP contribution is 2.34. The highest BCUT2D eigenvalue weighted by atomic mass is 32.1. The molecule has 25 heavy (non-hydrogen) atoms. The van der Waals surface area contributed by atoms with Gasteiger partial charge < -0.3 is 9.64 Å². The summed E-state index contributed by atoms with van der Waals surface area (Å²) in [5.41, 5.74) is 2.44. The van der Waals surface area contributed by atoms with Crippen LogP contribution in [0.4, 0.5) is 0 Å². The predicted octanol–water partition coefficient (Wildman–Crippen LogP) is 2.60. The Bertz CT molecular complexity index is 969. The number of nitrogens with zero attached hydrogens (tertiary/aromatic N) is 3. The lowest BCUT2D eigenvalue weighted by Gasteiger charge is -2.33. The quantitative estimate of drug-likeness (QED) is 0.662. The Morgan fingerprint density at radius 2 is 2.04 bits per heavy atom. The number of esters is 1. The maximum Gasteiger partial charge on any atom is 0.333 e. The molecule has 0 saturated heterocycles. The van der Waals surface area contributed by atoms with E-state index < -0.39 is 12.0 Å². The van der Waals surface area contributed by atoms with Crippen molar-refractivity contribution >= 4 is 34.2 Å². The van der Waals surface area contributed by atoms with Crippen LogP contribution in [-0.2, 0) is 16.0 Å². The molecular weight excluding hydrogens is 338 g/mol. The summed E-state index contributed by atoms with van der Waals surface area (Å²) in [6, 6.07) is 8.51. The lowest BCUT2D eigenvalue weighted by molar-refractivity contribution is -0.146. The number of hydrogen-bond donors (Lipinski definition) is 0. The molecule has 1 aromatic carbocycles. The first-order valence-corrected chi connectivity index (χ1v) is 8.74. The molecule has 4 rings (SSSR count). The van der Waals surface area contributed by atoms with E-state index in [1.54, 1.807) is 11.3 Å². The van der Waals surface area contributed by atoms with Gasteiger partial charge in [0.1, 0.15) is 5.69 Å². The summed E-state index contributed by atoms with van der Waals surface area (Å²) in [7, 11) is 1.33. The molecule has 0 bridgehead atoms.